The first kappa shape index (κ1) is 13.7. The number of nitrogens with zero attached hydrogens (tertiary/aromatic N) is 5. The van der Waals surface area contributed by atoms with Gasteiger partial charge in [0.1, 0.15) is 11.2 Å². The van der Waals surface area contributed by atoms with Crippen LogP contribution in [0.15, 0.2) is 17.8 Å². The van der Waals surface area contributed by atoms with Gasteiger partial charge in [-0.15, -0.1) is 16.4 Å². The van der Waals surface area contributed by atoms with Crippen LogP contribution < -0.4 is 0 Å². The number of aliphatic carboxylic acids is 1. The second-order valence-electron chi connectivity index (χ2n) is 4.99. The van der Waals surface area contributed by atoms with Crippen LogP contribution in [0.5, 0.6) is 0 Å². The van der Waals surface area contributed by atoms with Gasteiger partial charge < -0.3 is 10.0 Å². The lowest BCUT2D eigenvalue weighted by Gasteiger charge is -2.41. The molecule has 2 aromatic heterocycles. The number of aromatic nitrogens is 4. The molecule has 110 valence electrons. The maximum atomic E-state index is 12.4. The lowest BCUT2D eigenvalue weighted by atomic mass is 9.87. The van der Waals surface area contributed by atoms with Gasteiger partial charge in [-0.2, -0.15) is 4.68 Å². The molecule has 1 saturated heterocycles. The number of likely N-dealkylation sites (tertiary alicyclic amines) is 1. The summed E-state index contributed by atoms with van der Waals surface area (Å²) < 4.78 is 1.45. The minimum Gasteiger partial charge on any atom is -0.481 e. The van der Waals surface area contributed by atoms with E-state index >= 15 is 0 Å². The van der Waals surface area contributed by atoms with E-state index in [2.05, 4.69) is 15.5 Å². The largest absolute Gasteiger partial charge is 0.481 e. The zero-order valence-electron chi connectivity index (χ0n) is 11.2. The van der Waals surface area contributed by atoms with Crippen molar-refractivity contribution in [3.05, 3.63) is 22.7 Å². The summed E-state index contributed by atoms with van der Waals surface area (Å²) >= 11 is 1.33. The lowest BCUT2D eigenvalue weighted by Crippen LogP contribution is -2.53. The van der Waals surface area contributed by atoms with Crippen LogP contribution in [0.3, 0.4) is 0 Å². The Morgan fingerprint density at radius 2 is 2.24 bits per heavy atom. The Balaban J connectivity index is 1.71. The molecule has 1 unspecified atom stereocenters. The third-order valence-electron chi connectivity index (χ3n) is 3.73. The zero-order valence-corrected chi connectivity index (χ0v) is 12.0. The Morgan fingerprint density at radius 3 is 2.86 bits per heavy atom. The third-order valence-corrected chi connectivity index (χ3v) is 4.62. The van der Waals surface area contributed by atoms with E-state index < -0.39 is 11.9 Å². The summed E-state index contributed by atoms with van der Waals surface area (Å²) in [6.45, 7) is 2.62. The number of carboxylic acid groups (broad SMARTS) is 1. The highest BCUT2D eigenvalue weighted by atomic mass is 32.1. The highest BCUT2D eigenvalue weighted by molar-refractivity contribution is 7.12. The number of hydrogen-bond acceptors (Lipinski definition) is 6. The van der Waals surface area contributed by atoms with Crippen LogP contribution >= 0.6 is 11.3 Å². The Kier molecular flexibility index (Phi) is 3.42. The molecule has 1 fully saturated rings. The van der Waals surface area contributed by atoms with Crippen LogP contribution in [0.25, 0.3) is 5.69 Å². The predicted octanol–water partition coefficient (Wildman–Crippen LogP) is 0.516. The van der Waals surface area contributed by atoms with Crippen molar-refractivity contribution in [2.75, 3.05) is 13.1 Å². The van der Waals surface area contributed by atoms with Gasteiger partial charge in [-0.05, 0) is 21.9 Å². The van der Waals surface area contributed by atoms with E-state index in [0.717, 1.165) is 0 Å². The van der Waals surface area contributed by atoms with Crippen molar-refractivity contribution < 1.29 is 14.7 Å². The molecular formula is C12H13N5O3S. The molecule has 9 heteroatoms. The molecule has 0 aliphatic carbocycles. The predicted molar refractivity (Wildman–Crippen MR) is 73.2 cm³/mol. The van der Waals surface area contributed by atoms with E-state index in [1.54, 1.807) is 23.3 Å². The summed E-state index contributed by atoms with van der Waals surface area (Å²) in [6.07, 6.45) is 1.43. The standard InChI is InChI=1S/C12H13N5O3S/c1-7(12(19)20)8-4-16(5-8)11(18)10-9(2-3-21-10)17-6-13-14-15-17/h2-3,6-8H,4-5H2,1H3,(H,19,20). The van der Waals surface area contributed by atoms with Gasteiger partial charge in [0.2, 0.25) is 0 Å². The van der Waals surface area contributed by atoms with Crippen LogP contribution in [-0.2, 0) is 4.79 Å². The first-order valence-electron chi connectivity index (χ1n) is 6.41. The molecule has 3 heterocycles. The maximum absolute atomic E-state index is 12.4. The average molecular weight is 307 g/mol. The zero-order chi connectivity index (χ0) is 15.0. The van der Waals surface area contributed by atoms with Gasteiger partial charge in [0.25, 0.3) is 5.91 Å². The third kappa shape index (κ3) is 2.40. The van der Waals surface area contributed by atoms with Crippen molar-refractivity contribution >= 4 is 23.2 Å². The van der Waals surface area contributed by atoms with E-state index in [4.69, 9.17) is 5.11 Å². The first-order valence-corrected chi connectivity index (χ1v) is 7.29. The summed E-state index contributed by atoms with van der Waals surface area (Å²) in [5.74, 6) is -1.35. The van der Waals surface area contributed by atoms with Crippen molar-refractivity contribution in [2.45, 2.75) is 6.92 Å². The fourth-order valence-corrected chi connectivity index (χ4v) is 3.10. The van der Waals surface area contributed by atoms with Crippen molar-refractivity contribution in [3.8, 4) is 5.69 Å². The Hall–Kier alpha value is -2.29. The van der Waals surface area contributed by atoms with E-state index in [-0.39, 0.29) is 11.8 Å². The summed E-state index contributed by atoms with van der Waals surface area (Å²) in [5.41, 5.74) is 0.643. The van der Waals surface area contributed by atoms with Gasteiger partial charge in [-0.1, -0.05) is 6.92 Å². The minimum atomic E-state index is -0.822. The van der Waals surface area contributed by atoms with Gasteiger partial charge >= 0.3 is 5.97 Å². The molecule has 1 aliphatic rings. The summed E-state index contributed by atoms with van der Waals surface area (Å²) in [5, 5.41) is 21.7. The minimum absolute atomic E-state index is 0.0166. The summed E-state index contributed by atoms with van der Waals surface area (Å²) in [6, 6.07) is 1.78. The molecular weight excluding hydrogens is 294 g/mol. The molecule has 2 aromatic rings. The highest BCUT2D eigenvalue weighted by Crippen LogP contribution is 2.29. The van der Waals surface area contributed by atoms with Crippen molar-refractivity contribution in [3.63, 3.8) is 0 Å². The molecule has 0 saturated carbocycles. The summed E-state index contributed by atoms with van der Waals surface area (Å²) in [7, 11) is 0. The Bertz CT molecular complexity index is 662. The molecule has 1 N–H and O–H groups in total. The molecule has 0 bridgehead atoms. The number of carboxylic acids is 1. The monoisotopic (exact) mass is 307 g/mol. The number of hydrogen-bond donors (Lipinski definition) is 1. The van der Waals surface area contributed by atoms with E-state index in [9.17, 15) is 9.59 Å². The van der Waals surface area contributed by atoms with E-state index in [1.165, 1.54) is 22.3 Å². The van der Waals surface area contributed by atoms with Crippen molar-refractivity contribution in [1.82, 2.24) is 25.1 Å². The average Bonchev–Trinajstić information content (AvgIpc) is 3.06. The lowest BCUT2D eigenvalue weighted by molar-refractivity contribution is -0.144. The molecule has 1 amide bonds. The normalized spacial score (nSPS) is 16.5. The van der Waals surface area contributed by atoms with E-state index in [1.807, 2.05) is 0 Å². The molecule has 0 aromatic carbocycles. The van der Waals surface area contributed by atoms with Crippen LogP contribution in [0.4, 0.5) is 0 Å². The molecule has 0 radical (unpaired) electrons. The Morgan fingerprint density at radius 1 is 1.48 bits per heavy atom. The SMILES string of the molecule is CC(C(=O)O)C1CN(C(=O)c2sccc2-n2cnnn2)C1. The number of thiophene rings is 1. The van der Waals surface area contributed by atoms with Gasteiger partial charge in [0.15, 0.2) is 0 Å². The Labute approximate surface area is 124 Å². The molecule has 8 nitrogen and oxygen atoms in total. The molecule has 3 rings (SSSR count). The van der Waals surface area contributed by atoms with Crippen LogP contribution in [0.2, 0.25) is 0 Å². The van der Waals surface area contributed by atoms with Crippen LogP contribution in [-0.4, -0.2) is 55.2 Å². The highest BCUT2D eigenvalue weighted by Gasteiger charge is 2.38. The maximum Gasteiger partial charge on any atom is 0.306 e. The fraction of sp³-hybridized carbons (Fsp3) is 0.417. The number of rotatable bonds is 4. The molecule has 1 atom stereocenters. The topological polar surface area (TPSA) is 101 Å². The number of tetrazole rings is 1. The van der Waals surface area contributed by atoms with E-state index in [0.29, 0.717) is 23.7 Å². The van der Waals surface area contributed by atoms with Gasteiger partial charge in [-0.3, -0.25) is 9.59 Å². The number of amides is 1. The van der Waals surface area contributed by atoms with Gasteiger partial charge in [0.05, 0.1) is 11.6 Å². The molecule has 1 aliphatic heterocycles. The summed E-state index contributed by atoms with van der Waals surface area (Å²) in [4.78, 5) is 25.6. The molecule has 0 spiro atoms. The number of carbonyl (C=O) groups is 2. The number of carbonyl (C=O) groups excluding carboxylic acids is 1. The second-order valence-corrected chi connectivity index (χ2v) is 5.90. The van der Waals surface area contributed by atoms with Gasteiger partial charge in [0, 0.05) is 19.0 Å². The fourth-order valence-electron chi connectivity index (χ4n) is 2.25. The van der Waals surface area contributed by atoms with Gasteiger partial charge in [-0.25, -0.2) is 0 Å². The van der Waals surface area contributed by atoms with Crippen molar-refractivity contribution in [1.29, 1.82) is 0 Å². The molecule has 21 heavy (non-hydrogen) atoms. The van der Waals surface area contributed by atoms with Crippen molar-refractivity contribution in [2.24, 2.45) is 11.8 Å². The second kappa shape index (κ2) is 5.24. The van der Waals surface area contributed by atoms with Crippen LogP contribution in [0.1, 0.15) is 16.6 Å². The van der Waals surface area contributed by atoms with Crippen LogP contribution in [0, 0.1) is 11.8 Å². The first-order chi connectivity index (χ1) is 10.1. The quantitative estimate of drug-likeness (QED) is 0.883. The smallest absolute Gasteiger partial charge is 0.306 e.